The fourth-order valence-corrected chi connectivity index (χ4v) is 9.86. The molecule has 0 bridgehead atoms. The number of rotatable bonds is 9. The van der Waals surface area contributed by atoms with Gasteiger partial charge in [0.2, 0.25) is 0 Å². The third-order valence-corrected chi connectivity index (χ3v) is 12.0. The third kappa shape index (κ3) is 4.69. The molecule has 0 fully saturated rings. The van der Waals surface area contributed by atoms with E-state index in [2.05, 4.69) is 60.3 Å². The highest BCUT2D eigenvalue weighted by atomic mass is 16.5. The topological polar surface area (TPSA) is 80.3 Å². The van der Waals surface area contributed by atoms with E-state index in [0.29, 0.717) is 23.0 Å². The molecule has 0 spiro atoms. The molecule has 4 aromatic carbocycles. The summed E-state index contributed by atoms with van der Waals surface area (Å²) in [5.41, 5.74) is 11.6. The van der Waals surface area contributed by atoms with Gasteiger partial charge < -0.3 is 37.9 Å². The predicted molar refractivity (Wildman–Crippen MR) is 200 cm³/mol. The molecular weight excluding hydrogens is 660 g/mol. The van der Waals surface area contributed by atoms with Gasteiger partial charge in [0.05, 0.1) is 56.9 Å². The average molecular weight is 709 g/mol. The number of likely N-dealkylation sites (N-methyl/N-ethyl adjacent to an activating group) is 2. The van der Waals surface area contributed by atoms with Crippen LogP contribution in [-0.2, 0) is 12.8 Å². The Bertz CT molecular complexity index is 1930. The van der Waals surface area contributed by atoms with E-state index in [0.717, 1.165) is 82.3 Å². The molecule has 0 unspecified atom stereocenters. The smallest absolute Gasteiger partial charge is 0.168 e. The van der Waals surface area contributed by atoms with Crippen molar-refractivity contribution in [3.05, 3.63) is 69.8 Å². The summed E-state index contributed by atoms with van der Waals surface area (Å²) in [5.74, 6) is 5.52. The molecule has 0 saturated carbocycles. The molecule has 2 heterocycles. The summed E-state index contributed by atoms with van der Waals surface area (Å²) in [6.07, 6.45) is 1.79. The van der Waals surface area contributed by atoms with Gasteiger partial charge in [-0.15, -0.1) is 0 Å². The maximum atomic E-state index is 6.22. The Kier molecular flexibility index (Phi) is 8.58. The minimum absolute atomic E-state index is 0.00410. The summed E-state index contributed by atoms with van der Waals surface area (Å²) in [6, 6.07) is 13.0. The molecule has 4 aliphatic rings. The molecule has 52 heavy (non-hydrogen) atoms. The van der Waals surface area contributed by atoms with Crippen LogP contribution in [0.3, 0.4) is 0 Å². The van der Waals surface area contributed by atoms with Crippen LogP contribution in [0.1, 0.15) is 57.3 Å². The Morgan fingerprint density at radius 1 is 0.442 bits per heavy atom. The first-order valence-electron chi connectivity index (χ1n) is 17.8. The molecule has 274 valence electrons. The standard InChI is InChI=1S/C42H48N2O8/c1-43-13-11-21-15-31(49-7)41(51-9)37-25-19-29(47-5)27(45-3)17-23(25)35(39(43)33(21)37)36-24-18-28(46-4)30(48-6)20-26(24)38-34-22(12-14-44(2)40(34)36)16-32(50-8)42(38)52-10/h15-20,35-36,39-40H,11-14H2,1-10H3/t35-,36-,39-,40+/m0/s1. The van der Waals surface area contributed by atoms with Gasteiger partial charge in [0.25, 0.3) is 0 Å². The van der Waals surface area contributed by atoms with Gasteiger partial charge in [0.15, 0.2) is 46.0 Å². The number of hydrogen-bond acceptors (Lipinski definition) is 10. The Morgan fingerprint density at radius 3 is 1.12 bits per heavy atom. The van der Waals surface area contributed by atoms with Gasteiger partial charge in [-0.1, -0.05) is 0 Å². The molecule has 8 rings (SSSR count). The summed E-state index contributed by atoms with van der Waals surface area (Å²) in [7, 11) is 18.2. The number of nitrogens with zero attached hydrogens (tertiary/aromatic N) is 2. The Balaban J connectivity index is 1.52. The van der Waals surface area contributed by atoms with E-state index in [-0.39, 0.29) is 23.9 Å². The number of hydrogen-bond donors (Lipinski definition) is 0. The van der Waals surface area contributed by atoms with Crippen LogP contribution >= 0.6 is 0 Å². The van der Waals surface area contributed by atoms with Gasteiger partial charge in [-0.25, -0.2) is 0 Å². The quantitative estimate of drug-likeness (QED) is 0.181. The fraction of sp³-hybridized carbons (Fsp3) is 0.429. The maximum Gasteiger partial charge on any atom is 0.168 e. The minimum atomic E-state index is -0.0408. The number of ether oxygens (including phenoxy) is 8. The van der Waals surface area contributed by atoms with Crippen molar-refractivity contribution >= 4 is 0 Å². The van der Waals surface area contributed by atoms with Crippen molar-refractivity contribution in [2.75, 3.05) is 84.1 Å². The van der Waals surface area contributed by atoms with E-state index < -0.39 is 0 Å². The zero-order chi connectivity index (χ0) is 36.6. The zero-order valence-electron chi connectivity index (χ0n) is 31.8. The van der Waals surface area contributed by atoms with Gasteiger partial charge in [-0.3, -0.25) is 9.80 Å². The molecule has 10 nitrogen and oxygen atoms in total. The second-order valence-electron chi connectivity index (χ2n) is 14.1. The summed E-state index contributed by atoms with van der Waals surface area (Å²) >= 11 is 0. The lowest BCUT2D eigenvalue weighted by Gasteiger charge is -2.53. The van der Waals surface area contributed by atoms with Crippen molar-refractivity contribution in [1.29, 1.82) is 0 Å². The first-order chi connectivity index (χ1) is 25.3. The van der Waals surface area contributed by atoms with Crippen LogP contribution in [-0.4, -0.2) is 93.9 Å². The lowest BCUT2D eigenvalue weighted by molar-refractivity contribution is 0.126. The van der Waals surface area contributed by atoms with Gasteiger partial charge >= 0.3 is 0 Å². The predicted octanol–water partition coefficient (Wildman–Crippen LogP) is 7.04. The van der Waals surface area contributed by atoms with E-state index in [1.54, 1.807) is 56.9 Å². The van der Waals surface area contributed by atoms with E-state index >= 15 is 0 Å². The van der Waals surface area contributed by atoms with Gasteiger partial charge in [0, 0.05) is 48.1 Å². The third-order valence-electron chi connectivity index (χ3n) is 12.0. The van der Waals surface area contributed by atoms with Crippen LogP contribution in [0, 0.1) is 0 Å². The monoisotopic (exact) mass is 708 g/mol. The summed E-state index contributed by atoms with van der Waals surface area (Å²) in [5, 5.41) is 0. The molecule has 0 saturated heterocycles. The van der Waals surface area contributed by atoms with Crippen LogP contribution in [0.25, 0.3) is 22.3 Å². The number of fused-ring (bicyclic) bond motifs is 4. The fourth-order valence-electron chi connectivity index (χ4n) is 9.86. The van der Waals surface area contributed by atoms with Gasteiger partial charge in [0.1, 0.15) is 0 Å². The largest absolute Gasteiger partial charge is 0.493 e. The SMILES string of the molecule is COc1cc2c(cc1OC)[C@@H]([C@@H]1c3cc(OC)c(OC)cc3-c3c(OC)c(OC)cc4c3[C@@H]1N(C)CC4)[C@H]1c3c(cc(OC)c(OC)c3-2)CCN1C. The van der Waals surface area contributed by atoms with Crippen LogP contribution in [0.15, 0.2) is 36.4 Å². The molecule has 10 heteroatoms. The lowest BCUT2D eigenvalue weighted by Crippen LogP contribution is -2.45. The lowest BCUT2D eigenvalue weighted by atomic mass is 9.59. The van der Waals surface area contributed by atoms with Crippen LogP contribution in [0.5, 0.6) is 46.0 Å². The molecule has 0 aromatic heterocycles. The second-order valence-corrected chi connectivity index (χ2v) is 14.1. The average Bonchev–Trinajstić information content (AvgIpc) is 3.18. The van der Waals surface area contributed by atoms with Gasteiger partial charge in [-0.2, -0.15) is 0 Å². The van der Waals surface area contributed by atoms with Gasteiger partial charge in [-0.05, 0) is 108 Å². The summed E-state index contributed by atoms with van der Waals surface area (Å²) in [4.78, 5) is 5.05. The van der Waals surface area contributed by atoms with E-state index in [9.17, 15) is 0 Å². The summed E-state index contributed by atoms with van der Waals surface area (Å²) in [6.45, 7) is 1.79. The Morgan fingerprint density at radius 2 is 0.788 bits per heavy atom. The molecule has 2 aliphatic heterocycles. The molecule has 0 radical (unpaired) electrons. The highest BCUT2D eigenvalue weighted by molar-refractivity contribution is 5.89. The van der Waals surface area contributed by atoms with Crippen molar-refractivity contribution in [1.82, 2.24) is 9.80 Å². The molecule has 2 aliphatic carbocycles. The van der Waals surface area contributed by atoms with E-state index in [1.807, 2.05) is 0 Å². The highest BCUT2D eigenvalue weighted by Crippen LogP contribution is 2.67. The van der Waals surface area contributed by atoms with Crippen LogP contribution in [0.4, 0.5) is 0 Å². The molecule has 0 amide bonds. The highest BCUT2D eigenvalue weighted by Gasteiger charge is 2.52. The maximum absolute atomic E-state index is 6.22. The minimum Gasteiger partial charge on any atom is -0.493 e. The van der Waals surface area contributed by atoms with Crippen molar-refractivity contribution in [2.24, 2.45) is 0 Å². The molecule has 4 aromatic rings. The van der Waals surface area contributed by atoms with E-state index in [1.165, 1.54) is 22.3 Å². The molecule has 4 atom stereocenters. The van der Waals surface area contributed by atoms with Crippen molar-refractivity contribution < 1.29 is 37.9 Å². The second kappa shape index (κ2) is 13.0. The normalized spacial score (nSPS) is 21.2. The van der Waals surface area contributed by atoms with Crippen molar-refractivity contribution in [3.63, 3.8) is 0 Å². The van der Waals surface area contributed by atoms with Crippen molar-refractivity contribution in [2.45, 2.75) is 36.8 Å². The van der Waals surface area contributed by atoms with Crippen molar-refractivity contribution in [3.8, 4) is 68.2 Å². The Hall–Kier alpha value is -4.80. The molecular formula is C42H48N2O8. The zero-order valence-corrected chi connectivity index (χ0v) is 31.8. The first-order valence-corrected chi connectivity index (χ1v) is 17.8. The number of methoxy groups -OCH3 is 8. The summed E-state index contributed by atoms with van der Waals surface area (Å²) < 4.78 is 48.4. The van der Waals surface area contributed by atoms with Crippen LogP contribution < -0.4 is 37.9 Å². The first kappa shape index (κ1) is 34.3. The Labute approximate surface area is 306 Å². The number of benzene rings is 4. The van der Waals surface area contributed by atoms with Crippen LogP contribution in [0.2, 0.25) is 0 Å². The van der Waals surface area contributed by atoms with E-state index in [4.69, 9.17) is 37.9 Å². The molecule has 0 N–H and O–H groups in total.